The molecule has 0 aliphatic carbocycles. The molecule has 0 aliphatic heterocycles. The normalized spacial score (nSPS) is 11.5. The van der Waals surface area contributed by atoms with Crippen LogP contribution in [0.15, 0.2) is 66.4 Å². The third kappa shape index (κ3) is 4.32. The molecule has 0 fully saturated rings. The van der Waals surface area contributed by atoms with Gasteiger partial charge in [-0.25, -0.2) is 0 Å². The van der Waals surface area contributed by atoms with Crippen LogP contribution in [0.5, 0.6) is 0 Å². The third-order valence-electron chi connectivity index (χ3n) is 5.57. The summed E-state index contributed by atoms with van der Waals surface area (Å²) in [5, 5.41) is 14.3. The number of hydrogen-bond donors (Lipinski definition) is 2. The highest BCUT2D eigenvalue weighted by molar-refractivity contribution is 6.30. The van der Waals surface area contributed by atoms with Gasteiger partial charge in [0, 0.05) is 45.7 Å². The fraction of sp³-hybridized carbons (Fsp3) is 0.154. The Kier molecular flexibility index (Phi) is 6.16. The van der Waals surface area contributed by atoms with Crippen molar-refractivity contribution in [1.82, 2.24) is 14.9 Å². The van der Waals surface area contributed by atoms with E-state index in [9.17, 15) is 10.1 Å². The molecule has 32 heavy (non-hydrogen) atoms. The van der Waals surface area contributed by atoms with Crippen LogP contribution in [-0.4, -0.2) is 22.0 Å². The lowest BCUT2D eigenvalue weighted by atomic mass is 10.1. The number of nitrogens with one attached hydrogen (secondary N) is 2. The maximum Gasteiger partial charge on any atom is 0.261 e. The number of fused-ring (bicyclic) bond motifs is 1. The van der Waals surface area contributed by atoms with Crippen LogP contribution in [0, 0.1) is 25.2 Å². The van der Waals surface area contributed by atoms with Crippen molar-refractivity contribution in [3.63, 3.8) is 0 Å². The van der Waals surface area contributed by atoms with E-state index in [0.717, 1.165) is 39.1 Å². The number of aromatic nitrogens is 2. The fourth-order valence-corrected chi connectivity index (χ4v) is 4.10. The quantitative estimate of drug-likeness (QED) is 0.306. The number of para-hydroxylation sites is 1. The van der Waals surface area contributed by atoms with E-state index in [1.165, 1.54) is 0 Å². The highest BCUT2D eigenvalue weighted by atomic mass is 35.5. The van der Waals surface area contributed by atoms with Gasteiger partial charge in [-0.2, -0.15) is 5.26 Å². The number of hydrogen-bond acceptors (Lipinski definition) is 2. The molecule has 0 unspecified atom stereocenters. The molecule has 1 amide bonds. The number of benzene rings is 2. The zero-order valence-corrected chi connectivity index (χ0v) is 18.7. The molecule has 0 bridgehead atoms. The van der Waals surface area contributed by atoms with Gasteiger partial charge in [-0.3, -0.25) is 4.79 Å². The Morgan fingerprint density at radius 3 is 2.69 bits per heavy atom. The van der Waals surface area contributed by atoms with Gasteiger partial charge in [-0.1, -0.05) is 29.8 Å². The standard InChI is InChI=1S/C26H23ClN4O/c1-17-13-20(18(2)31(17)23-9-7-22(27)8-10-23)14-21(15-28)26(32)29-12-11-19-16-30-25-6-4-3-5-24(19)25/h3-10,13-14,16,30H,11-12H2,1-2H3,(H,29,32)/b21-14+. The van der Waals surface area contributed by atoms with Gasteiger partial charge in [-0.05, 0) is 73.9 Å². The van der Waals surface area contributed by atoms with Crippen LogP contribution in [0.25, 0.3) is 22.7 Å². The zero-order chi connectivity index (χ0) is 22.7. The molecule has 6 heteroatoms. The number of halogens is 1. The summed E-state index contributed by atoms with van der Waals surface area (Å²) in [4.78, 5) is 15.9. The lowest BCUT2D eigenvalue weighted by molar-refractivity contribution is -0.117. The van der Waals surface area contributed by atoms with E-state index in [2.05, 4.69) is 20.9 Å². The summed E-state index contributed by atoms with van der Waals surface area (Å²) in [6.45, 7) is 4.41. The molecular weight excluding hydrogens is 420 g/mol. The Morgan fingerprint density at radius 2 is 1.94 bits per heavy atom. The number of aromatic amines is 1. The fourth-order valence-electron chi connectivity index (χ4n) is 3.97. The van der Waals surface area contributed by atoms with Crippen molar-refractivity contribution in [3.05, 3.63) is 93.9 Å². The molecule has 2 N–H and O–H groups in total. The highest BCUT2D eigenvalue weighted by Crippen LogP contribution is 2.24. The van der Waals surface area contributed by atoms with E-state index in [1.807, 2.05) is 74.6 Å². The number of carbonyl (C=O) groups is 1. The third-order valence-corrected chi connectivity index (χ3v) is 5.83. The van der Waals surface area contributed by atoms with Gasteiger partial charge in [-0.15, -0.1) is 0 Å². The van der Waals surface area contributed by atoms with Crippen molar-refractivity contribution in [1.29, 1.82) is 5.26 Å². The number of nitrogens with zero attached hydrogens (tertiary/aromatic N) is 2. The average molecular weight is 443 g/mol. The maximum atomic E-state index is 12.7. The first-order valence-electron chi connectivity index (χ1n) is 10.4. The lowest BCUT2D eigenvalue weighted by Crippen LogP contribution is -2.26. The Hall–Kier alpha value is -3.75. The van der Waals surface area contributed by atoms with Gasteiger partial charge in [0.1, 0.15) is 11.6 Å². The monoisotopic (exact) mass is 442 g/mol. The molecule has 0 spiro atoms. The molecule has 4 rings (SSSR count). The summed E-state index contributed by atoms with van der Waals surface area (Å²) >= 11 is 6.01. The highest BCUT2D eigenvalue weighted by Gasteiger charge is 2.14. The van der Waals surface area contributed by atoms with E-state index in [0.29, 0.717) is 18.0 Å². The van der Waals surface area contributed by atoms with Crippen molar-refractivity contribution in [2.24, 2.45) is 0 Å². The predicted molar refractivity (Wildman–Crippen MR) is 129 cm³/mol. The Labute approximate surface area is 191 Å². The summed E-state index contributed by atoms with van der Waals surface area (Å²) < 4.78 is 2.08. The van der Waals surface area contributed by atoms with Crippen molar-refractivity contribution in [3.8, 4) is 11.8 Å². The molecule has 0 radical (unpaired) electrons. The topological polar surface area (TPSA) is 73.6 Å². The minimum Gasteiger partial charge on any atom is -0.361 e. The number of carbonyl (C=O) groups excluding carboxylic acids is 1. The van der Waals surface area contributed by atoms with Gasteiger partial charge in [0.2, 0.25) is 0 Å². The number of rotatable bonds is 6. The molecule has 2 aromatic carbocycles. The molecular formula is C26H23ClN4O. The van der Waals surface area contributed by atoms with Crippen LogP contribution in [0.4, 0.5) is 0 Å². The second-order valence-electron chi connectivity index (χ2n) is 7.67. The van der Waals surface area contributed by atoms with Crippen LogP contribution < -0.4 is 5.32 Å². The van der Waals surface area contributed by atoms with Crippen LogP contribution >= 0.6 is 11.6 Å². The Morgan fingerprint density at radius 1 is 1.19 bits per heavy atom. The molecule has 5 nitrogen and oxygen atoms in total. The maximum absolute atomic E-state index is 12.7. The summed E-state index contributed by atoms with van der Waals surface area (Å²) in [5.74, 6) is -0.372. The first-order chi connectivity index (χ1) is 15.5. The van der Waals surface area contributed by atoms with E-state index in [-0.39, 0.29) is 11.5 Å². The summed E-state index contributed by atoms with van der Waals surface area (Å²) in [6.07, 6.45) is 4.29. The summed E-state index contributed by atoms with van der Waals surface area (Å²) in [5.41, 5.74) is 6.06. The predicted octanol–water partition coefficient (Wildman–Crippen LogP) is 5.49. The smallest absolute Gasteiger partial charge is 0.261 e. The molecule has 160 valence electrons. The SMILES string of the molecule is Cc1cc(/C=C(\C#N)C(=O)NCCc2c[nH]c3ccccc23)c(C)n1-c1ccc(Cl)cc1. The number of nitriles is 1. The van der Waals surface area contributed by atoms with Gasteiger partial charge in [0.05, 0.1) is 0 Å². The van der Waals surface area contributed by atoms with Gasteiger partial charge < -0.3 is 14.9 Å². The van der Waals surface area contributed by atoms with E-state index >= 15 is 0 Å². The van der Waals surface area contributed by atoms with Gasteiger partial charge >= 0.3 is 0 Å². The van der Waals surface area contributed by atoms with E-state index in [4.69, 9.17) is 11.6 Å². The largest absolute Gasteiger partial charge is 0.361 e. The van der Waals surface area contributed by atoms with Crippen LogP contribution in [-0.2, 0) is 11.2 Å². The summed E-state index contributed by atoms with van der Waals surface area (Å²) in [6, 6.07) is 19.6. The first-order valence-corrected chi connectivity index (χ1v) is 10.8. The van der Waals surface area contributed by atoms with E-state index in [1.54, 1.807) is 6.08 Å². The average Bonchev–Trinajstić information content (AvgIpc) is 3.33. The van der Waals surface area contributed by atoms with E-state index < -0.39 is 0 Å². The second kappa shape index (κ2) is 9.17. The molecule has 4 aromatic rings. The molecule has 2 aromatic heterocycles. The van der Waals surface area contributed by atoms with Crippen LogP contribution in [0.3, 0.4) is 0 Å². The van der Waals surface area contributed by atoms with Crippen molar-refractivity contribution < 1.29 is 4.79 Å². The van der Waals surface area contributed by atoms with Crippen LogP contribution in [0.1, 0.15) is 22.5 Å². The Balaban J connectivity index is 1.49. The van der Waals surface area contributed by atoms with Gasteiger partial charge in [0.15, 0.2) is 0 Å². The minimum absolute atomic E-state index is 0.0836. The first kappa shape index (κ1) is 21.5. The van der Waals surface area contributed by atoms with Crippen molar-refractivity contribution in [2.45, 2.75) is 20.3 Å². The molecule has 0 saturated carbocycles. The van der Waals surface area contributed by atoms with Crippen molar-refractivity contribution >= 4 is 34.5 Å². The Bertz CT molecular complexity index is 1350. The van der Waals surface area contributed by atoms with Crippen LogP contribution in [0.2, 0.25) is 5.02 Å². The van der Waals surface area contributed by atoms with Gasteiger partial charge in [0.25, 0.3) is 5.91 Å². The number of aryl methyl sites for hydroxylation is 1. The molecule has 0 atom stereocenters. The second-order valence-corrected chi connectivity index (χ2v) is 8.11. The number of amides is 1. The molecule has 0 saturated heterocycles. The molecule has 2 heterocycles. The minimum atomic E-state index is -0.372. The molecule has 0 aliphatic rings. The summed E-state index contributed by atoms with van der Waals surface area (Å²) in [7, 11) is 0. The lowest BCUT2D eigenvalue weighted by Gasteiger charge is -2.09. The number of H-pyrrole nitrogens is 1. The van der Waals surface area contributed by atoms with Crippen molar-refractivity contribution in [2.75, 3.05) is 6.54 Å². The zero-order valence-electron chi connectivity index (χ0n) is 17.9.